The Labute approximate surface area is 146 Å². The zero-order valence-electron chi connectivity index (χ0n) is 13.3. The van der Waals surface area contributed by atoms with E-state index in [1.165, 1.54) is 28.0 Å². The summed E-state index contributed by atoms with van der Waals surface area (Å²) in [7, 11) is 0. The molecule has 5 nitrogen and oxygen atoms in total. The number of nitrogens with zero attached hydrogens (tertiary/aromatic N) is 3. The molecule has 1 atom stereocenters. The van der Waals surface area contributed by atoms with Crippen molar-refractivity contribution in [3.05, 3.63) is 32.1 Å². The Bertz CT molecular complexity index is 854. The van der Waals surface area contributed by atoms with Gasteiger partial charge in [-0.3, -0.25) is 4.79 Å². The third kappa shape index (κ3) is 3.64. The second-order valence-corrected chi connectivity index (χ2v) is 8.80. The summed E-state index contributed by atoms with van der Waals surface area (Å²) in [5, 5.41) is 8.58. The van der Waals surface area contributed by atoms with Gasteiger partial charge in [-0.25, -0.2) is 4.98 Å². The molecule has 0 bridgehead atoms. The summed E-state index contributed by atoms with van der Waals surface area (Å²) >= 11 is 4.65. The normalized spacial score (nSPS) is 12.8. The maximum absolute atomic E-state index is 12.5. The van der Waals surface area contributed by atoms with E-state index in [2.05, 4.69) is 40.9 Å². The number of H-pyrrole nitrogens is 1. The highest BCUT2D eigenvalue weighted by Crippen LogP contribution is 2.30. The molecule has 3 aromatic heterocycles. The zero-order chi connectivity index (χ0) is 16.4. The van der Waals surface area contributed by atoms with Crippen molar-refractivity contribution in [2.45, 2.75) is 43.7 Å². The van der Waals surface area contributed by atoms with Gasteiger partial charge in [0, 0.05) is 4.88 Å². The lowest BCUT2D eigenvalue weighted by Gasteiger charge is -2.08. The van der Waals surface area contributed by atoms with Crippen LogP contribution in [0.4, 0.5) is 0 Å². The topological polar surface area (TPSA) is 71.5 Å². The Morgan fingerprint density at radius 1 is 1.43 bits per heavy atom. The van der Waals surface area contributed by atoms with Crippen molar-refractivity contribution >= 4 is 44.7 Å². The number of aryl methyl sites for hydroxylation is 1. The van der Waals surface area contributed by atoms with Crippen molar-refractivity contribution in [1.29, 1.82) is 0 Å². The van der Waals surface area contributed by atoms with Crippen molar-refractivity contribution in [2.24, 2.45) is 5.92 Å². The number of fused-ring (bicyclic) bond motifs is 1. The van der Waals surface area contributed by atoms with E-state index in [1.54, 1.807) is 16.8 Å². The third-order valence-corrected chi connectivity index (χ3v) is 6.75. The molecule has 0 fully saturated rings. The first-order valence-electron chi connectivity index (χ1n) is 7.48. The standard InChI is InChI=1S/C15H18N4OS3/c1-4-8(2)5-10-9(3)23-14-12(10)13(20)17-11(18-14)6-21-15-19-16-7-22-15/h7-8H,4-6H2,1-3H3,(H,17,18,20)/t8-/m0/s1. The van der Waals surface area contributed by atoms with Crippen LogP contribution in [-0.2, 0) is 12.2 Å². The number of hydrogen-bond acceptors (Lipinski definition) is 7. The first-order chi connectivity index (χ1) is 11.1. The van der Waals surface area contributed by atoms with Gasteiger partial charge in [0.15, 0.2) is 4.34 Å². The summed E-state index contributed by atoms with van der Waals surface area (Å²) in [6.45, 7) is 6.48. The van der Waals surface area contributed by atoms with Gasteiger partial charge in [-0.1, -0.05) is 43.4 Å². The van der Waals surface area contributed by atoms with Crippen molar-refractivity contribution in [1.82, 2.24) is 20.2 Å². The minimum absolute atomic E-state index is 0.0227. The van der Waals surface area contributed by atoms with E-state index >= 15 is 0 Å². The van der Waals surface area contributed by atoms with Crippen LogP contribution < -0.4 is 5.56 Å². The Kier molecular flexibility index (Phi) is 5.13. The lowest BCUT2D eigenvalue weighted by Crippen LogP contribution is -2.12. The highest BCUT2D eigenvalue weighted by molar-refractivity contribution is 8.00. The van der Waals surface area contributed by atoms with Crippen LogP contribution >= 0.6 is 34.4 Å². The van der Waals surface area contributed by atoms with Crippen LogP contribution in [-0.4, -0.2) is 20.2 Å². The van der Waals surface area contributed by atoms with Gasteiger partial charge in [-0.15, -0.1) is 21.5 Å². The summed E-state index contributed by atoms with van der Waals surface area (Å²) in [5.74, 6) is 1.86. The number of thiophene rings is 1. The largest absolute Gasteiger partial charge is 0.309 e. The van der Waals surface area contributed by atoms with Crippen LogP contribution in [0.1, 0.15) is 36.5 Å². The SMILES string of the molecule is CC[C@H](C)Cc1c(C)sc2nc(CSc3nncs3)[nH]c(=O)c12. The van der Waals surface area contributed by atoms with E-state index in [4.69, 9.17) is 0 Å². The molecule has 122 valence electrons. The molecule has 0 saturated heterocycles. The van der Waals surface area contributed by atoms with Crippen molar-refractivity contribution < 1.29 is 0 Å². The predicted molar refractivity (Wildman–Crippen MR) is 97.6 cm³/mol. The van der Waals surface area contributed by atoms with Gasteiger partial charge in [-0.05, 0) is 24.8 Å². The monoisotopic (exact) mass is 366 g/mol. The van der Waals surface area contributed by atoms with E-state index in [9.17, 15) is 4.79 Å². The fraction of sp³-hybridized carbons (Fsp3) is 0.467. The zero-order valence-corrected chi connectivity index (χ0v) is 15.7. The second-order valence-electron chi connectivity index (χ2n) is 5.54. The molecule has 0 aromatic carbocycles. The van der Waals surface area contributed by atoms with Gasteiger partial charge in [0.05, 0.1) is 11.1 Å². The predicted octanol–water partition coefficient (Wildman–Crippen LogP) is 4.03. The molecule has 0 amide bonds. The minimum Gasteiger partial charge on any atom is -0.309 e. The fourth-order valence-electron chi connectivity index (χ4n) is 2.38. The summed E-state index contributed by atoms with van der Waals surface area (Å²) in [4.78, 5) is 22.2. The average molecular weight is 367 g/mol. The highest BCUT2D eigenvalue weighted by atomic mass is 32.2. The molecule has 3 rings (SSSR count). The molecule has 3 heterocycles. The van der Waals surface area contributed by atoms with Gasteiger partial charge >= 0.3 is 0 Å². The Hall–Kier alpha value is -1.25. The van der Waals surface area contributed by atoms with Gasteiger partial charge in [0.1, 0.15) is 16.2 Å². The molecule has 3 aromatic rings. The molecule has 1 N–H and O–H groups in total. The number of nitrogens with one attached hydrogen (secondary N) is 1. The van der Waals surface area contributed by atoms with Gasteiger partial charge in [-0.2, -0.15) is 0 Å². The number of thioether (sulfide) groups is 1. The third-order valence-electron chi connectivity index (χ3n) is 3.83. The lowest BCUT2D eigenvalue weighted by molar-refractivity contribution is 0.561. The van der Waals surface area contributed by atoms with E-state index in [-0.39, 0.29) is 5.56 Å². The molecule has 0 aliphatic rings. The summed E-state index contributed by atoms with van der Waals surface area (Å²) in [6.07, 6.45) is 2.05. The van der Waals surface area contributed by atoms with Crippen molar-refractivity contribution in [3.63, 3.8) is 0 Å². The van der Waals surface area contributed by atoms with Crippen LogP contribution in [0.25, 0.3) is 10.2 Å². The number of rotatable bonds is 6. The maximum Gasteiger partial charge on any atom is 0.259 e. The molecule has 0 spiro atoms. The first-order valence-corrected chi connectivity index (χ1v) is 10.2. The van der Waals surface area contributed by atoms with Crippen molar-refractivity contribution in [3.8, 4) is 0 Å². The molecule has 0 saturated carbocycles. The van der Waals surface area contributed by atoms with E-state index < -0.39 is 0 Å². The number of aromatic nitrogens is 4. The van der Waals surface area contributed by atoms with E-state index in [1.807, 2.05) is 0 Å². The minimum atomic E-state index is -0.0227. The lowest BCUT2D eigenvalue weighted by atomic mass is 9.98. The molecule has 0 unspecified atom stereocenters. The summed E-state index contributed by atoms with van der Waals surface area (Å²) in [6, 6.07) is 0. The molecule has 0 aliphatic heterocycles. The Balaban J connectivity index is 1.91. The van der Waals surface area contributed by atoms with Crippen LogP contribution in [0.3, 0.4) is 0 Å². The van der Waals surface area contributed by atoms with Crippen molar-refractivity contribution in [2.75, 3.05) is 0 Å². The molecule has 23 heavy (non-hydrogen) atoms. The average Bonchev–Trinajstić information content (AvgIpc) is 3.14. The van der Waals surface area contributed by atoms with Gasteiger partial charge in [0.25, 0.3) is 5.56 Å². The summed E-state index contributed by atoms with van der Waals surface area (Å²) < 4.78 is 0.882. The molecule has 0 radical (unpaired) electrons. The fourth-order valence-corrected chi connectivity index (χ4v) is 4.81. The molecular formula is C15H18N4OS3. The molecule has 0 aliphatic carbocycles. The van der Waals surface area contributed by atoms with Crippen LogP contribution in [0.5, 0.6) is 0 Å². The highest BCUT2D eigenvalue weighted by Gasteiger charge is 2.16. The maximum atomic E-state index is 12.5. The molecular weight excluding hydrogens is 348 g/mol. The number of hydrogen-bond donors (Lipinski definition) is 1. The van der Waals surface area contributed by atoms with E-state index in [0.29, 0.717) is 17.5 Å². The molecule has 8 heteroatoms. The second kappa shape index (κ2) is 7.11. The Morgan fingerprint density at radius 3 is 2.96 bits per heavy atom. The summed E-state index contributed by atoms with van der Waals surface area (Å²) in [5.41, 5.74) is 2.84. The first kappa shape index (κ1) is 16.6. The van der Waals surface area contributed by atoms with Crippen LogP contribution in [0.15, 0.2) is 14.6 Å². The number of aromatic amines is 1. The smallest absolute Gasteiger partial charge is 0.259 e. The van der Waals surface area contributed by atoms with Gasteiger partial charge < -0.3 is 4.98 Å². The van der Waals surface area contributed by atoms with E-state index in [0.717, 1.165) is 33.0 Å². The quantitative estimate of drug-likeness (QED) is 0.667. The van der Waals surface area contributed by atoms with Gasteiger partial charge in [0.2, 0.25) is 0 Å². The van der Waals surface area contributed by atoms with Crippen LogP contribution in [0, 0.1) is 12.8 Å². The van der Waals surface area contributed by atoms with Crippen LogP contribution in [0.2, 0.25) is 0 Å². The Morgan fingerprint density at radius 2 is 2.26 bits per heavy atom.